The molecule has 184 valence electrons. The van der Waals surface area contributed by atoms with Crippen LogP contribution >= 0.6 is 11.6 Å². The number of pyridine rings is 1. The summed E-state index contributed by atoms with van der Waals surface area (Å²) in [5.41, 5.74) is 2.84. The fourth-order valence-electron chi connectivity index (χ4n) is 3.28. The minimum atomic E-state index is -0.472. The van der Waals surface area contributed by atoms with Crippen molar-refractivity contribution in [1.82, 2.24) is 9.99 Å². The number of hydrogen-bond donors (Lipinski definition) is 0. The Labute approximate surface area is 204 Å². The standard InChI is InChI=1S/C24H31ClN4O5/c1-15(11-12-33-27-29(31)28(6)24(3,4)5)23(30)34-21-16(2)26-13-19-20(21)14-32-22(19)17-7-9-18(25)10-8-17/h7-10,13,15,22H,11-12,14H2,1-6H3/b29-27+/t15?,22-/m0/s1. The first-order valence-electron chi connectivity index (χ1n) is 11.1. The Balaban J connectivity index is 1.62. The van der Waals surface area contributed by atoms with Gasteiger partial charge in [0.2, 0.25) is 5.28 Å². The van der Waals surface area contributed by atoms with E-state index in [1.165, 1.54) is 5.01 Å². The third kappa shape index (κ3) is 5.95. The van der Waals surface area contributed by atoms with Gasteiger partial charge in [0.15, 0.2) is 5.75 Å². The molecule has 0 saturated carbocycles. The van der Waals surface area contributed by atoms with Gasteiger partial charge in [-0.25, -0.2) is 0 Å². The van der Waals surface area contributed by atoms with Crippen LogP contribution < -0.4 is 4.74 Å². The smallest absolute Gasteiger partial charge is 0.314 e. The molecule has 9 nitrogen and oxygen atoms in total. The molecule has 0 bridgehead atoms. The molecule has 1 unspecified atom stereocenters. The van der Waals surface area contributed by atoms with Gasteiger partial charge in [0.05, 0.1) is 35.8 Å². The highest BCUT2D eigenvalue weighted by molar-refractivity contribution is 6.30. The number of hydrogen-bond acceptors (Lipinski definition) is 7. The van der Waals surface area contributed by atoms with Crippen molar-refractivity contribution in [2.45, 2.75) is 59.3 Å². The largest absolute Gasteiger partial charge is 0.569 e. The van der Waals surface area contributed by atoms with E-state index in [0.717, 1.165) is 16.7 Å². The monoisotopic (exact) mass is 490 g/mol. The van der Waals surface area contributed by atoms with Gasteiger partial charge in [-0.3, -0.25) is 9.78 Å². The Morgan fingerprint density at radius 1 is 1.38 bits per heavy atom. The van der Waals surface area contributed by atoms with E-state index in [1.54, 1.807) is 27.1 Å². The van der Waals surface area contributed by atoms with Crippen LogP contribution in [0.2, 0.25) is 5.02 Å². The van der Waals surface area contributed by atoms with E-state index in [1.807, 2.05) is 45.0 Å². The number of carbonyl (C=O) groups excluding carboxylic acids is 1. The van der Waals surface area contributed by atoms with Crippen molar-refractivity contribution >= 4 is 17.6 Å². The number of aromatic nitrogens is 1. The van der Waals surface area contributed by atoms with Crippen LogP contribution in [-0.4, -0.2) is 40.1 Å². The fraction of sp³-hybridized carbons (Fsp3) is 0.500. The molecule has 0 amide bonds. The molecular formula is C24H31ClN4O5. The Morgan fingerprint density at radius 2 is 2.06 bits per heavy atom. The molecule has 1 aromatic heterocycles. The predicted molar refractivity (Wildman–Crippen MR) is 126 cm³/mol. The number of hydrazine groups is 1. The minimum absolute atomic E-state index is 0.0961. The Hall–Kier alpha value is -2.91. The van der Waals surface area contributed by atoms with E-state index < -0.39 is 17.4 Å². The number of nitrogens with zero attached hydrogens (tertiary/aromatic N) is 4. The molecule has 0 radical (unpaired) electrons. The molecule has 2 atom stereocenters. The molecule has 0 N–H and O–H groups in total. The van der Waals surface area contributed by atoms with Gasteiger partial charge >= 0.3 is 5.97 Å². The van der Waals surface area contributed by atoms with Crippen LogP contribution in [-0.2, 0) is 21.0 Å². The molecule has 0 fully saturated rings. The normalized spacial score (nSPS) is 16.7. The van der Waals surface area contributed by atoms with E-state index >= 15 is 0 Å². The molecule has 1 aromatic carbocycles. The molecule has 2 heterocycles. The maximum absolute atomic E-state index is 12.7. The summed E-state index contributed by atoms with van der Waals surface area (Å²) >= 11 is 6.00. The van der Waals surface area contributed by atoms with Crippen molar-refractivity contribution in [3.05, 3.63) is 63.1 Å². The van der Waals surface area contributed by atoms with Gasteiger partial charge in [0, 0.05) is 22.3 Å². The maximum Gasteiger partial charge on any atom is 0.314 e. The number of fused-ring (bicyclic) bond motifs is 1. The molecule has 34 heavy (non-hydrogen) atoms. The Kier molecular flexibility index (Phi) is 7.99. The first-order valence-corrected chi connectivity index (χ1v) is 11.5. The van der Waals surface area contributed by atoms with Crippen LogP contribution in [0, 0.1) is 18.0 Å². The molecular weight excluding hydrogens is 460 g/mol. The number of aryl methyl sites for hydroxylation is 1. The van der Waals surface area contributed by atoms with Crippen LogP contribution in [0.3, 0.4) is 0 Å². The van der Waals surface area contributed by atoms with Crippen LogP contribution in [0.5, 0.6) is 5.75 Å². The fourth-order valence-corrected chi connectivity index (χ4v) is 3.41. The maximum atomic E-state index is 12.7. The molecule has 10 heteroatoms. The van der Waals surface area contributed by atoms with Crippen molar-refractivity contribution in [3.8, 4) is 5.75 Å². The highest BCUT2D eigenvalue weighted by Gasteiger charge is 2.31. The number of halogens is 1. The highest BCUT2D eigenvalue weighted by atomic mass is 35.5. The van der Waals surface area contributed by atoms with Crippen LogP contribution in [0.4, 0.5) is 0 Å². The number of carbonyl (C=O) groups is 1. The lowest BCUT2D eigenvalue weighted by Crippen LogP contribution is -2.42. The van der Waals surface area contributed by atoms with Gasteiger partial charge in [-0.1, -0.05) is 30.7 Å². The van der Waals surface area contributed by atoms with Crippen LogP contribution in [0.25, 0.3) is 0 Å². The van der Waals surface area contributed by atoms with Crippen molar-refractivity contribution in [1.29, 1.82) is 0 Å². The van der Waals surface area contributed by atoms with Crippen LogP contribution in [0.1, 0.15) is 62.6 Å². The Bertz CT molecular complexity index is 1050. The Morgan fingerprint density at radius 3 is 2.71 bits per heavy atom. The van der Waals surface area contributed by atoms with Crippen molar-refractivity contribution in [2.75, 3.05) is 13.7 Å². The summed E-state index contributed by atoms with van der Waals surface area (Å²) in [6, 6.07) is 7.43. The summed E-state index contributed by atoms with van der Waals surface area (Å²) in [5, 5.41) is 17.5. The van der Waals surface area contributed by atoms with E-state index in [4.69, 9.17) is 25.9 Å². The number of ether oxygens (including phenoxy) is 2. The van der Waals surface area contributed by atoms with Gasteiger partial charge in [-0.2, -0.15) is 0 Å². The first kappa shape index (κ1) is 25.7. The van der Waals surface area contributed by atoms with Gasteiger partial charge < -0.3 is 19.5 Å². The third-order valence-electron chi connectivity index (χ3n) is 5.80. The summed E-state index contributed by atoms with van der Waals surface area (Å²) in [4.78, 5) is 22.7. The van der Waals surface area contributed by atoms with Gasteiger partial charge in [0.1, 0.15) is 12.7 Å². The first-order chi connectivity index (χ1) is 16.0. The zero-order valence-electron chi connectivity index (χ0n) is 20.4. The second kappa shape index (κ2) is 10.6. The van der Waals surface area contributed by atoms with Gasteiger partial charge in [0.25, 0.3) is 0 Å². The third-order valence-corrected chi connectivity index (χ3v) is 6.05. The van der Waals surface area contributed by atoms with E-state index in [-0.39, 0.29) is 12.7 Å². The lowest BCUT2D eigenvalue weighted by Gasteiger charge is -2.26. The molecule has 0 spiro atoms. The summed E-state index contributed by atoms with van der Waals surface area (Å²) < 4.78 is 11.7. The molecule has 0 aliphatic carbocycles. The predicted octanol–water partition coefficient (Wildman–Crippen LogP) is 5.13. The molecule has 3 rings (SSSR count). The average Bonchev–Trinajstić information content (AvgIpc) is 3.21. The average molecular weight is 491 g/mol. The zero-order chi connectivity index (χ0) is 25.0. The second-order valence-corrected chi connectivity index (χ2v) is 9.76. The van der Waals surface area contributed by atoms with E-state index in [9.17, 15) is 10.0 Å². The molecule has 1 aliphatic rings. The van der Waals surface area contributed by atoms with Gasteiger partial charge in [-0.05, 0) is 51.8 Å². The quantitative estimate of drug-likeness (QED) is 0.166. The number of rotatable bonds is 8. The lowest BCUT2D eigenvalue weighted by atomic mass is 10.00. The van der Waals surface area contributed by atoms with E-state index in [0.29, 0.717) is 34.5 Å². The second-order valence-electron chi connectivity index (χ2n) is 9.32. The summed E-state index contributed by atoms with van der Waals surface area (Å²) in [7, 11) is 1.62. The lowest BCUT2D eigenvalue weighted by molar-refractivity contribution is -0.719. The van der Waals surface area contributed by atoms with E-state index in [2.05, 4.69) is 10.3 Å². The summed E-state index contributed by atoms with van der Waals surface area (Å²) in [6.45, 7) is 9.58. The number of benzene rings is 1. The topological polar surface area (TPSA) is 99.3 Å². The molecule has 2 aromatic rings. The zero-order valence-corrected chi connectivity index (χ0v) is 21.1. The van der Waals surface area contributed by atoms with Crippen molar-refractivity contribution in [3.63, 3.8) is 0 Å². The number of esters is 1. The summed E-state index contributed by atoms with van der Waals surface area (Å²) in [6.07, 6.45) is 1.79. The highest BCUT2D eigenvalue weighted by Crippen LogP contribution is 2.41. The molecule has 1 aliphatic heterocycles. The van der Waals surface area contributed by atoms with Crippen LogP contribution in [0.15, 0.2) is 35.7 Å². The minimum Gasteiger partial charge on any atom is -0.569 e. The SMILES string of the molecule is Cc1ncc2c(c1OC(=O)C(C)CCO/N=[N+](/[O-])N(C)C(C)(C)C)CO[C@H]2c1ccc(Cl)cc1. The van der Waals surface area contributed by atoms with Gasteiger partial charge in [-0.15, -0.1) is 5.01 Å². The van der Waals surface area contributed by atoms with Crippen molar-refractivity contribution in [2.24, 2.45) is 11.2 Å². The molecule has 0 saturated heterocycles. The van der Waals surface area contributed by atoms with Crippen molar-refractivity contribution < 1.29 is 24.1 Å². The summed E-state index contributed by atoms with van der Waals surface area (Å²) in [5.74, 6) is -0.461.